The number of likely N-dealkylation sites (tertiary alicyclic amines) is 1. The van der Waals surface area contributed by atoms with E-state index in [1.54, 1.807) is 14.2 Å². The van der Waals surface area contributed by atoms with Gasteiger partial charge in [0.05, 0.1) is 25.5 Å². The maximum atomic E-state index is 14.0. The van der Waals surface area contributed by atoms with Gasteiger partial charge in [-0.2, -0.15) is 0 Å². The van der Waals surface area contributed by atoms with Crippen molar-refractivity contribution in [2.24, 2.45) is 0 Å². The molecule has 7 heteroatoms. The number of pyridine rings is 1. The highest BCUT2D eigenvalue weighted by molar-refractivity contribution is 5.95. The third-order valence-electron chi connectivity index (χ3n) is 7.47. The average molecular weight is 531 g/mol. The molecule has 0 radical (unpaired) electrons. The number of aromatic nitrogens is 1. The SMILES string of the molecule is COc1cccc(CN2CCC(c3nc(C)ccc3C(=O)N(CCN(C)C)Cc3ccccc3)CC2)c1OC. The first kappa shape index (κ1) is 28.6. The molecule has 1 aliphatic heterocycles. The van der Waals surface area contributed by atoms with Crippen LogP contribution in [0.3, 0.4) is 0 Å². The number of carbonyl (C=O) groups excluding carboxylic acids is 1. The molecule has 2 aromatic carbocycles. The topological polar surface area (TPSA) is 58.1 Å². The number of ether oxygens (including phenoxy) is 2. The number of hydrogen-bond acceptors (Lipinski definition) is 6. The van der Waals surface area contributed by atoms with Crippen LogP contribution in [0.15, 0.2) is 60.7 Å². The summed E-state index contributed by atoms with van der Waals surface area (Å²) in [5, 5.41) is 0. The number of carbonyl (C=O) groups is 1. The predicted octanol–water partition coefficient (Wildman–Crippen LogP) is 4.99. The lowest BCUT2D eigenvalue weighted by atomic mass is 9.89. The van der Waals surface area contributed by atoms with Gasteiger partial charge >= 0.3 is 0 Å². The molecule has 7 nitrogen and oxygen atoms in total. The van der Waals surface area contributed by atoms with Crippen molar-refractivity contribution in [3.05, 3.63) is 88.7 Å². The summed E-state index contributed by atoms with van der Waals surface area (Å²) in [4.78, 5) is 25.5. The summed E-state index contributed by atoms with van der Waals surface area (Å²) in [6, 6.07) is 20.2. The molecule has 208 valence electrons. The molecule has 1 amide bonds. The standard InChI is InChI=1S/C32H42N4O3/c1-24-14-15-28(32(37)36(21-20-34(2)3)22-25-10-7-6-8-11-25)30(33-24)26-16-18-35(19-17-26)23-27-12-9-13-29(38-4)31(27)39-5/h6-15,26H,16-23H2,1-5H3. The fourth-order valence-corrected chi connectivity index (χ4v) is 5.30. The van der Waals surface area contributed by atoms with Gasteiger partial charge in [-0.15, -0.1) is 0 Å². The zero-order valence-electron chi connectivity index (χ0n) is 24.0. The lowest BCUT2D eigenvalue weighted by Crippen LogP contribution is -2.38. The Labute approximate surface area is 233 Å². The number of aryl methyl sites for hydroxylation is 1. The molecule has 0 bridgehead atoms. The van der Waals surface area contributed by atoms with Crippen molar-refractivity contribution in [3.63, 3.8) is 0 Å². The van der Waals surface area contributed by atoms with Gasteiger partial charge in [-0.25, -0.2) is 0 Å². The summed E-state index contributed by atoms with van der Waals surface area (Å²) in [7, 11) is 7.44. The molecular weight excluding hydrogens is 488 g/mol. The van der Waals surface area contributed by atoms with E-state index >= 15 is 0 Å². The molecule has 1 aliphatic rings. The van der Waals surface area contributed by atoms with Gasteiger partial charge in [-0.1, -0.05) is 42.5 Å². The molecular formula is C32H42N4O3. The Bertz CT molecular complexity index is 1220. The number of likely N-dealkylation sites (N-methyl/N-ethyl adjacent to an activating group) is 1. The van der Waals surface area contributed by atoms with E-state index in [1.165, 1.54) is 0 Å². The van der Waals surface area contributed by atoms with E-state index in [1.807, 2.05) is 68.4 Å². The Kier molecular flexibility index (Phi) is 9.96. The summed E-state index contributed by atoms with van der Waals surface area (Å²) >= 11 is 0. The van der Waals surface area contributed by atoms with E-state index in [0.717, 1.165) is 78.6 Å². The number of piperidine rings is 1. The normalized spacial score (nSPS) is 14.4. The molecule has 0 saturated carbocycles. The van der Waals surface area contributed by atoms with Gasteiger partial charge in [0.25, 0.3) is 5.91 Å². The number of rotatable bonds is 11. The number of methoxy groups -OCH3 is 2. The van der Waals surface area contributed by atoms with Crippen LogP contribution in [0.4, 0.5) is 0 Å². The van der Waals surface area contributed by atoms with E-state index in [9.17, 15) is 4.79 Å². The Morgan fingerprint density at radius 1 is 0.949 bits per heavy atom. The summed E-state index contributed by atoms with van der Waals surface area (Å²) < 4.78 is 11.1. The molecule has 0 unspecified atom stereocenters. The van der Waals surface area contributed by atoms with E-state index in [0.29, 0.717) is 13.1 Å². The Balaban J connectivity index is 1.50. The smallest absolute Gasteiger partial charge is 0.256 e. The van der Waals surface area contributed by atoms with E-state index in [-0.39, 0.29) is 11.8 Å². The highest BCUT2D eigenvalue weighted by Crippen LogP contribution is 2.34. The minimum absolute atomic E-state index is 0.0618. The number of nitrogens with zero attached hydrogens (tertiary/aromatic N) is 4. The lowest BCUT2D eigenvalue weighted by Gasteiger charge is -2.33. The molecule has 0 aliphatic carbocycles. The predicted molar refractivity (Wildman–Crippen MR) is 156 cm³/mol. The van der Waals surface area contributed by atoms with Crippen LogP contribution in [-0.2, 0) is 13.1 Å². The Morgan fingerprint density at radius 2 is 1.69 bits per heavy atom. The van der Waals surface area contributed by atoms with Gasteiger partial charge < -0.3 is 19.3 Å². The lowest BCUT2D eigenvalue weighted by molar-refractivity contribution is 0.0728. The van der Waals surface area contributed by atoms with Crippen molar-refractivity contribution >= 4 is 5.91 Å². The molecule has 39 heavy (non-hydrogen) atoms. The minimum Gasteiger partial charge on any atom is -0.493 e. The van der Waals surface area contributed by atoms with Gasteiger partial charge in [0.1, 0.15) is 0 Å². The largest absolute Gasteiger partial charge is 0.493 e. The van der Waals surface area contributed by atoms with Crippen LogP contribution < -0.4 is 9.47 Å². The second-order valence-electron chi connectivity index (χ2n) is 10.6. The highest BCUT2D eigenvalue weighted by atomic mass is 16.5. The summed E-state index contributed by atoms with van der Waals surface area (Å²) in [5.41, 5.74) is 4.89. The van der Waals surface area contributed by atoms with Crippen LogP contribution in [-0.4, -0.2) is 80.1 Å². The monoisotopic (exact) mass is 530 g/mol. The third kappa shape index (κ3) is 7.37. The van der Waals surface area contributed by atoms with Crippen molar-refractivity contribution in [3.8, 4) is 11.5 Å². The number of amides is 1. The van der Waals surface area contributed by atoms with Crippen LogP contribution in [0.2, 0.25) is 0 Å². The molecule has 1 fully saturated rings. The van der Waals surface area contributed by atoms with Gasteiger partial charge in [0.2, 0.25) is 0 Å². The molecule has 4 rings (SSSR count). The van der Waals surface area contributed by atoms with Gasteiger partial charge in [0, 0.05) is 43.4 Å². The van der Waals surface area contributed by atoms with Crippen molar-refractivity contribution in [1.82, 2.24) is 19.7 Å². The quantitative estimate of drug-likeness (QED) is 0.348. The molecule has 1 saturated heterocycles. The average Bonchev–Trinajstić information content (AvgIpc) is 2.95. The first-order chi connectivity index (χ1) is 18.9. The van der Waals surface area contributed by atoms with Crippen molar-refractivity contribution in [2.45, 2.75) is 38.8 Å². The van der Waals surface area contributed by atoms with E-state index in [4.69, 9.17) is 14.5 Å². The molecule has 0 atom stereocenters. The van der Waals surface area contributed by atoms with Crippen LogP contribution in [0, 0.1) is 6.92 Å². The third-order valence-corrected chi connectivity index (χ3v) is 7.47. The van der Waals surface area contributed by atoms with Crippen molar-refractivity contribution < 1.29 is 14.3 Å². The van der Waals surface area contributed by atoms with Crippen LogP contribution in [0.1, 0.15) is 51.6 Å². The fourth-order valence-electron chi connectivity index (χ4n) is 5.30. The fraction of sp³-hybridized carbons (Fsp3) is 0.438. The Hall–Kier alpha value is -3.42. The van der Waals surface area contributed by atoms with Gasteiger partial charge in [-0.3, -0.25) is 14.7 Å². The molecule has 2 heterocycles. The summed E-state index contributed by atoms with van der Waals surface area (Å²) in [5.74, 6) is 1.87. The van der Waals surface area contributed by atoms with Crippen LogP contribution >= 0.6 is 0 Å². The first-order valence-corrected chi connectivity index (χ1v) is 13.8. The maximum absolute atomic E-state index is 14.0. The zero-order chi connectivity index (χ0) is 27.8. The number of hydrogen-bond donors (Lipinski definition) is 0. The molecule has 1 aromatic heterocycles. The minimum atomic E-state index is 0.0618. The second kappa shape index (κ2) is 13.6. The zero-order valence-corrected chi connectivity index (χ0v) is 24.0. The second-order valence-corrected chi connectivity index (χ2v) is 10.6. The number of para-hydroxylation sites is 1. The van der Waals surface area contributed by atoms with Crippen molar-refractivity contribution in [2.75, 3.05) is 54.5 Å². The first-order valence-electron chi connectivity index (χ1n) is 13.8. The van der Waals surface area contributed by atoms with Crippen LogP contribution in [0.25, 0.3) is 0 Å². The van der Waals surface area contributed by atoms with E-state index in [2.05, 4.69) is 28.0 Å². The maximum Gasteiger partial charge on any atom is 0.256 e. The summed E-state index contributed by atoms with van der Waals surface area (Å²) in [6.45, 7) is 6.73. The molecule has 0 N–H and O–H groups in total. The van der Waals surface area contributed by atoms with Gasteiger partial charge in [0.15, 0.2) is 11.5 Å². The highest BCUT2D eigenvalue weighted by Gasteiger charge is 2.28. The van der Waals surface area contributed by atoms with Crippen LogP contribution in [0.5, 0.6) is 11.5 Å². The van der Waals surface area contributed by atoms with Crippen molar-refractivity contribution in [1.29, 1.82) is 0 Å². The Morgan fingerprint density at radius 3 is 2.36 bits per heavy atom. The summed E-state index contributed by atoms with van der Waals surface area (Å²) in [6.07, 6.45) is 1.92. The number of benzene rings is 2. The van der Waals surface area contributed by atoms with Gasteiger partial charge in [-0.05, 0) is 70.7 Å². The molecule has 0 spiro atoms. The van der Waals surface area contributed by atoms with E-state index < -0.39 is 0 Å². The molecule has 3 aromatic rings.